The van der Waals surface area contributed by atoms with Gasteiger partial charge in [0.2, 0.25) is 0 Å². The van der Waals surface area contributed by atoms with Gasteiger partial charge in [0.1, 0.15) is 0 Å². The lowest BCUT2D eigenvalue weighted by molar-refractivity contribution is 0.221. The normalized spacial score (nSPS) is 14.2. The SMILES string of the molecule is CC(C)(C)C(C)(C)c1ccc(S(C)(=O)=O)cc1S(C)(=O)=O. The predicted octanol–water partition coefficient (Wildman–Crippen LogP) is 2.82. The third kappa shape index (κ3) is 3.66. The third-order valence-corrected chi connectivity index (χ3v) is 6.58. The Hall–Kier alpha value is -0.880. The van der Waals surface area contributed by atoms with E-state index in [0.29, 0.717) is 5.56 Å². The molecule has 4 nitrogen and oxygen atoms in total. The number of hydrogen-bond donors (Lipinski definition) is 0. The van der Waals surface area contributed by atoms with Gasteiger partial charge < -0.3 is 0 Å². The molecule has 120 valence electrons. The Morgan fingerprint density at radius 3 is 1.62 bits per heavy atom. The molecule has 0 heterocycles. The number of rotatable bonds is 3. The van der Waals surface area contributed by atoms with Gasteiger partial charge in [-0.2, -0.15) is 0 Å². The topological polar surface area (TPSA) is 68.3 Å². The molecule has 0 N–H and O–H groups in total. The van der Waals surface area contributed by atoms with Crippen LogP contribution in [0.15, 0.2) is 28.0 Å². The van der Waals surface area contributed by atoms with Crippen molar-refractivity contribution >= 4 is 19.7 Å². The summed E-state index contributed by atoms with van der Waals surface area (Å²) in [6.07, 6.45) is 2.18. The van der Waals surface area contributed by atoms with Gasteiger partial charge in [0, 0.05) is 12.5 Å². The van der Waals surface area contributed by atoms with Crippen LogP contribution >= 0.6 is 0 Å². The van der Waals surface area contributed by atoms with Crippen molar-refractivity contribution in [2.45, 2.75) is 49.8 Å². The fourth-order valence-electron chi connectivity index (χ4n) is 1.96. The van der Waals surface area contributed by atoms with Gasteiger partial charge >= 0.3 is 0 Å². The molecule has 1 rings (SSSR count). The molecular weight excluding hydrogens is 308 g/mol. The van der Waals surface area contributed by atoms with Crippen LogP contribution in [0.3, 0.4) is 0 Å². The summed E-state index contributed by atoms with van der Waals surface area (Å²) in [7, 11) is -6.97. The summed E-state index contributed by atoms with van der Waals surface area (Å²) in [5, 5.41) is 0. The van der Waals surface area contributed by atoms with E-state index in [0.717, 1.165) is 12.5 Å². The fraction of sp³-hybridized carbons (Fsp3) is 0.600. The van der Waals surface area contributed by atoms with Crippen molar-refractivity contribution < 1.29 is 16.8 Å². The van der Waals surface area contributed by atoms with E-state index in [1.165, 1.54) is 12.1 Å². The van der Waals surface area contributed by atoms with Crippen LogP contribution in [0.2, 0.25) is 0 Å². The summed E-state index contributed by atoms with van der Waals surface area (Å²) < 4.78 is 47.6. The monoisotopic (exact) mass is 332 g/mol. The maximum Gasteiger partial charge on any atom is 0.175 e. The van der Waals surface area contributed by atoms with Crippen molar-refractivity contribution in [3.8, 4) is 0 Å². The average Bonchev–Trinajstić information content (AvgIpc) is 2.24. The van der Waals surface area contributed by atoms with E-state index in [1.54, 1.807) is 6.07 Å². The zero-order chi connectivity index (χ0) is 16.9. The van der Waals surface area contributed by atoms with Crippen LogP contribution in [0.4, 0.5) is 0 Å². The molecule has 0 aliphatic rings. The Kier molecular flexibility index (Phi) is 4.40. The maximum absolute atomic E-state index is 12.1. The van der Waals surface area contributed by atoms with Gasteiger partial charge in [0.05, 0.1) is 9.79 Å². The van der Waals surface area contributed by atoms with Crippen LogP contribution in [0.1, 0.15) is 40.2 Å². The Morgan fingerprint density at radius 2 is 1.29 bits per heavy atom. The Balaban J connectivity index is 3.79. The molecule has 6 heteroatoms. The standard InChI is InChI=1S/C15H24O4S2/c1-14(2,3)15(4,5)12-9-8-11(20(6,16)17)10-13(12)21(7,18)19/h8-10H,1-7H3. The molecule has 0 amide bonds. The van der Waals surface area contributed by atoms with Crippen molar-refractivity contribution in [2.24, 2.45) is 5.41 Å². The zero-order valence-electron chi connectivity index (χ0n) is 13.7. The summed E-state index contributed by atoms with van der Waals surface area (Å²) >= 11 is 0. The van der Waals surface area contributed by atoms with Crippen molar-refractivity contribution in [3.63, 3.8) is 0 Å². The van der Waals surface area contributed by atoms with E-state index < -0.39 is 25.1 Å². The second-order valence-corrected chi connectivity index (χ2v) is 11.1. The number of sulfone groups is 2. The molecule has 0 aliphatic carbocycles. The second-order valence-electron chi connectivity index (χ2n) is 7.08. The van der Waals surface area contributed by atoms with Gasteiger partial charge in [-0.3, -0.25) is 0 Å². The van der Waals surface area contributed by atoms with Crippen LogP contribution in [0, 0.1) is 5.41 Å². The highest BCUT2D eigenvalue weighted by Gasteiger charge is 2.38. The van der Waals surface area contributed by atoms with E-state index in [1.807, 2.05) is 34.6 Å². The molecule has 0 fully saturated rings. The summed E-state index contributed by atoms with van der Waals surface area (Å²) in [4.78, 5) is 0.113. The lowest BCUT2D eigenvalue weighted by Crippen LogP contribution is -2.35. The molecule has 0 bridgehead atoms. The van der Waals surface area contributed by atoms with E-state index in [4.69, 9.17) is 0 Å². The van der Waals surface area contributed by atoms with Crippen molar-refractivity contribution in [2.75, 3.05) is 12.5 Å². The molecule has 0 aromatic heterocycles. The highest BCUT2D eigenvalue weighted by atomic mass is 32.2. The van der Waals surface area contributed by atoms with E-state index >= 15 is 0 Å². The van der Waals surface area contributed by atoms with Gasteiger partial charge in [-0.15, -0.1) is 0 Å². The Morgan fingerprint density at radius 1 is 0.810 bits per heavy atom. The molecule has 0 atom stereocenters. The molecule has 1 aromatic carbocycles. The summed E-state index contributed by atoms with van der Waals surface area (Å²) in [6, 6.07) is 4.37. The highest BCUT2D eigenvalue weighted by Crippen LogP contribution is 2.43. The molecule has 0 aliphatic heterocycles. The molecule has 0 saturated heterocycles. The summed E-state index contributed by atoms with van der Waals surface area (Å²) in [5.41, 5.74) is 0.0328. The minimum absolute atomic E-state index is 0.0244. The quantitative estimate of drug-likeness (QED) is 0.853. The van der Waals surface area contributed by atoms with Gasteiger partial charge in [0.25, 0.3) is 0 Å². The van der Waals surface area contributed by atoms with E-state index in [9.17, 15) is 16.8 Å². The molecule has 0 spiro atoms. The van der Waals surface area contributed by atoms with Gasteiger partial charge in [-0.25, -0.2) is 16.8 Å². The number of benzene rings is 1. The van der Waals surface area contributed by atoms with Crippen LogP contribution < -0.4 is 0 Å². The van der Waals surface area contributed by atoms with Crippen LogP contribution in [-0.4, -0.2) is 29.3 Å². The molecule has 0 saturated carbocycles. The van der Waals surface area contributed by atoms with Crippen LogP contribution in [0.5, 0.6) is 0 Å². The smallest absolute Gasteiger partial charge is 0.175 e. The molecule has 21 heavy (non-hydrogen) atoms. The lowest BCUT2D eigenvalue weighted by atomic mass is 9.65. The second kappa shape index (κ2) is 5.09. The Labute approximate surface area is 128 Å². The average molecular weight is 332 g/mol. The van der Waals surface area contributed by atoms with E-state index in [2.05, 4.69) is 0 Å². The summed E-state index contributed by atoms with van der Waals surface area (Å²) in [5.74, 6) is 0. The summed E-state index contributed by atoms with van der Waals surface area (Å²) in [6.45, 7) is 10.0. The third-order valence-electron chi connectivity index (χ3n) is 4.33. The predicted molar refractivity (Wildman–Crippen MR) is 85.1 cm³/mol. The first-order valence-corrected chi connectivity index (χ1v) is 10.4. The van der Waals surface area contributed by atoms with E-state index in [-0.39, 0.29) is 15.2 Å². The zero-order valence-corrected chi connectivity index (χ0v) is 15.3. The van der Waals surface area contributed by atoms with Crippen molar-refractivity contribution in [1.29, 1.82) is 0 Å². The maximum atomic E-state index is 12.1. The van der Waals surface area contributed by atoms with Crippen LogP contribution in [0.25, 0.3) is 0 Å². The first-order chi connectivity index (χ1) is 9.08. The highest BCUT2D eigenvalue weighted by molar-refractivity contribution is 7.91. The molecule has 0 radical (unpaired) electrons. The van der Waals surface area contributed by atoms with Gasteiger partial charge in [-0.1, -0.05) is 40.7 Å². The minimum Gasteiger partial charge on any atom is -0.224 e. The molecule has 1 aromatic rings. The number of hydrogen-bond acceptors (Lipinski definition) is 4. The fourth-order valence-corrected chi connectivity index (χ4v) is 3.75. The van der Waals surface area contributed by atoms with Gasteiger partial charge in [0.15, 0.2) is 19.7 Å². The molecular formula is C15H24O4S2. The molecule has 0 unspecified atom stereocenters. The Bertz CT molecular complexity index is 749. The first-order valence-electron chi connectivity index (χ1n) is 6.63. The van der Waals surface area contributed by atoms with Gasteiger partial charge in [-0.05, 0) is 28.5 Å². The van der Waals surface area contributed by atoms with Crippen LogP contribution in [-0.2, 0) is 25.1 Å². The van der Waals surface area contributed by atoms with Crippen molar-refractivity contribution in [3.05, 3.63) is 23.8 Å². The van der Waals surface area contributed by atoms with Crippen molar-refractivity contribution in [1.82, 2.24) is 0 Å². The minimum atomic E-state index is -3.52. The largest absolute Gasteiger partial charge is 0.224 e. The first kappa shape index (κ1) is 18.2. The lowest BCUT2D eigenvalue weighted by Gasteiger charge is -2.40.